The standard InChI is InChI=1S/C36H41ClN8O2/c1-3-4-13-33-38-34(37)32(25-47-36(46)30-11-6-5-9-27(30)18-19-44-22-20-43(2)21-23-44)45(33)24-26-14-16-28(17-15-26)29-10-7-8-12-31(29)35-39-41-42-40-35/h5-12,14-17H,3-4,13,18-25H2,1-2H3,(H,39,40,41,42). The fraction of sp³-hybridized carbons (Fsp3) is 0.361. The van der Waals surface area contributed by atoms with Gasteiger partial charge in [0.15, 0.2) is 5.15 Å². The summed E-state index contributed by atoms with van der Waals surface area (Å²) in [5, 5.41) is 15.0. The Hall–Kier alpha value is -4.38. The number of H-pyrrole nitrogens is 1. The maximum absolute atomic E-state index is 13.4. The Morgan fingerprint density at radius 3 is 2.43 bits per heavy atom. The van der Waals surface area contributed by atoms with Crippen LogP contribution in [0.25, 0.3) is 22.5 Å². The third-order valence-corrected chi connectivity index (χ3v) is 9.15. The number of rotatable bonds is 13. The highest BCUT2D eigenvalue weighted by molar-refractivity contribution is 6.30. The molecule has 1 aliphatic heterocycles. The smallest absolute Gasteiger partial charge is 0.338 e. The van der Waals surface area contributed by atoms with Crippen molar-refractivity contribution in [3.8, 4) is 22.5 Å². The summed E-state index contributed by atoms with van der Waals surface area (Å²) in [5.41, 5.74) is 6.36. The number of carbonyl (C=O) groups is 1. The number of nitrogens with zero attached hydrogens (tertiary/aromatic N) is 7. The summed E-state index contributed by atoms with van der Waals surface area (Å²) in [5.74, 6) is 1.10. The zero-order chi connectivity index (χ0) is 32.6. The number of esters is 1. The number of aromatic amines is 1. The van der Waals surface area contributed by atoms with Crippen molar-refractivity contribution in [1.82, 2.24) is 40.0 Å². The number of aromatic nitrogens is 6. The molecule has 3 aromatic carbocycles. The highest BCUT2D eigenvalue weighted by atomic mass is 35.5. The number of tetrazole rings is 1. The highest BCUT2D eigenvalue weighted by Crippen LogP contribution is 2.30. The van der Waals surface area contributed by atoms with Crippen LogP contribution in [0.4, 0.5) is 0 Å². The van der Waals surface area contributed by atoms with Gasteiger partial charge in [0.1, 0.15) is 12.4 Å². The Morgan fingerprint density at radius 1 is 0.936 bits per heavy atom. The third kappa shape index (κ3) is 7.96. The molecular weight excluding hydrogens is 612 g/mol. The molecule has 0 spiro atoms. The minimum absolute atomic E-state index is 0.0414. The average Bonchev–Trinajstić information content (AvgIpc) is 3.74. The van der Waals surface area contributed by atoms with E-state index >= 15 is 0 Å². The minimum Gasteiger partial charge on any atom is -0.456 e. The summed E-state index contributed by atoms with van der Waals surface area (Å²) >= 11 is 6.72. The van der Waals surface area contributed by atoms with Gasteiger partial charge in [-0.1, -0.05) is 91.7 Å². The van der Waals surface area contributed by atoms with Gasteiger partial charge in [0.05, 0.1) is 11.3 Å². The van der Waals surface area contributed by atoms with Crippen molar-refractivity contribution in [3.63, 3.8) is 0 Å². The summed E-state index contributed by atoms with van der Waals surface area (Å²) in [6, 6.07) is 24.1. The first-order chi connectivity index (χ1) is 23.0. The van der Waals surface area contributed by atoms with Crippen LogP contribution >= 0.6 is 11.6 Å². The van der Waals surface area contributed by atoms with Crippen LogP contribution in [0, 0.1) is 0 Å². The van der Waals surface area contributed by atoms with Crippen LogP contribution in [0.2, 0.25) is 5.15 Å². The molecule has 0 unspecified atom stereocenters. The van der Waals surface area contributed by atoms with E-state index in [2.05, 4.69) is 79.3 Å². The van der Waals surface area contributed by atoms with Crippen molar-refractivity contribution >= 4 is 17.6 Å². The molecule has 1 aliphatic rings. The van der Waals surface area contributed by atoms with Gasteiger partial charge in [-0.3, -0.25) is 0 Å². The van der Waals surface area contributed by atoms with Crippen LogP contribution in [0.5, 0.6) is 0 Å². The lowest BCUT2D eigenvalue weighted by Gasteiger charge is -2.32. The number of aryl methyl sites for hydroxylation is 1. The second-order valence-electron chi connectivity index (χ2n) is 12.1. The average molecular weight is 653 g/mol. The second-order valence-corrected chi connectivity index (χ2v) is 12.4. The van der Waals surface area contributed by atoms with Crippen LogP contribution in [-0.4, -0.2) is 85.7 Å². The summed E-state index contributed by atoms with van der Waals surface area (Å²) in [4.78, 5) is 23.0. The molecule has 10 nitrogen and oxygen atoms in total. The maximum Gasteiger partial charge on any atom is 0.338 e. The van der Waals surface area contributed by atoms with Gasteiger partial charge < -0.3 is 19.1 Å². The molecular formula is C36H41ClN8O2. The van der Waals surface area contributed by atoms with Crippen molar-refractivity contribution in [2.45, 2.75) is 45.8 Å². The first-order valence-electron chi connectivity index (χ1n) is 16.3. The van der Waals surface area contributed by atoms with E-state index in [1.807, 2.05) is 42.5 Å². The Morgan fingerprint density at radius 2 is 1.68 bits per heavy atom. The van der Waals surface area contributed by atoms with Crippen LogP contribution in [0.1, 0.15) is 52.8 Å². The molecule has 47 heavy (non-hydrogen) atoms. The molecule has 0 amide bonds. The predicted octanol–water partition coefficient (Wildman–Crippen LogP) is 5.92. The number of nitrogens with one attached hydrogen (secondary N) is 1. The number of unbranched alkanes of at least 4 members (excludes halogenated alkanes) is 1. The number of ether oxygens (including phenoxy) is 1. The Labute approximate surface area is 280 Å². The molecule has 244 valence electrons. The van der Waals surface area contributed by atoms with E-state index in [1.165, 1.54) is 0 Å². The van der Waals surface area contributed by atoms with Crippen LogP contribution < -0.4 is 0 Å². The van der Waals surface area contributed by atoms with Gasteiger partial charge in [-0.05, 0) is 53.4 Å². The number of hydrogen-bond donors (Lipinski definition) is 1. The molecule has 1 saturated heterocycles. The molecule has 6 rings (SSSR count). The monoisotopic (exact) mass is 652 g/mol. The molecule has 1 fully saturated rings. The number of piperazine rings is 1. The van der Waals surface area contributed by atoms with E-state index < -0.39 is 0 Å². The number of halogens is 1. The van der Waals surface area contributed by atoms with E-state index in [1.54, 1.807) is 0 Å². The zero-order valence-electron chi connectivity index (χ0n) is 27.0. The minimum atomic E-state index is -0.345. The van der Waals surface area contributed by atoms with Crippen molar-refractivity contribution in [3.05, 3.63) is 106 Å². The van der Waals surface area contributed by atoms with Crippen LogP contribution in [-0.2, 0) is 30.7 Å². The molecule has 0 bridgehead atoms. The lowest BCUT2D eigenvalue weighted by atomic mass is 9.98. The summed E-state index contributed by atoms with van der Waals surface area (Å²) < 4.78 is 8.04. The van der Waals surface area contributed by atoms with E-state index in [0.717, 1.165) is 92.0 Å². The van der Waals surface area contributed by atoms with E-state index in [0.29, 0.717) is 28.8 Å². The summed E-state index contributed by atoms with van der Waals surface area (Å²) in [6.07, 6.45) is 3.60. The molecule has 5 aromatic rings. The van der Waals surface area contributed by atoms with Gasteiger partial charge in [-0.15, -0.1) is 10.2 Å². The normalized spacial score (nSPS) is 14.0. The van der Waals surface area contributed by atoms with Crippen molar-refractivity contribution in [2.24, 2.45) is 0 Å². The predicted molar refractivity (Wildman–Crippen MR) is 183 cm³/mol. The number of carbonyl (C=O) groups excluding carboxylic acids is 1. The highest BCUT2D eigenvalue weighted by Gasteiger charge is 2.21. The molecule has 0 atom stereocenters. The summed E-state index contributed by atoms with van der Waals surface area (Å²) in [6.45, 7) is 7.89. The van der Waals surface area contributed by atoms with Crippen molar-refractivity contribution in [2.75, 3.05) is 39.8 Å². The van der Waals surface area contributed by atoms with Gasteiger partial charge in [0, 0.05) is 51.3 Å². The van der Waals surface area contributed by atoms with Gasteiger partial charge in [-0.25, -0.2) is 9.78 Å². The first-order valence-corrected chi connectivity index (χ1v) is 16.7. The lowest BCUT2D eigenvalue weighted by molar-refractivity contribution is 0.0462. The van der Waals surface area contributed by atoms with Crippen molar-refractivity contribution in [1.29, 1.82) is 0 Å². The fourth-order valence-corrected chi connectivity index (χ4v) is 6.29. The second kappa shape index (κ2) is 15.5. The Bertz CT molecular complexity index is 1760. The van der Waals surface area contributed by atoms with E-state index in [9.17, 15) is 4.79 Å². The Kier molecular flexibility index (Phi) is 10.7. The van der Waals surface area contributed by atoms with Crippen molar-refractivity contribution < 1.29 is 9.53 Å². The molecule has 2 aromatic heterocycles. The number of imidazole rings is 1. The number of benzene rings is 3. The van der Waals surface area contributed by atoms with Crippen LogP contribution in [0.3, 0.4) is 0 Å². The molecule has 11 heteroatoms. The van der Waals surface area contributed by atoms with Gasteiger partial charge in [0.25, 0.3) is 0 Å². The third-order valence-electron chi connectivity index (χ3n) is 8.85. The molecule has 3 heterocycles. The molecule has 0 saturated carbocycles. The Balaban J connectivity index is 1.17. The lowest BCUT2D eigenvalue weighted by Crippen LogP contribution is -2.45. The fourth-order valence-electron chi connectivity index (χ4n) is 6.03. The molecule has 0 aliphatic carbocycles. The maximum atomic E-state index is 13.4. The van der Waals surface area contributed by atoms with E-state index in [-0.39, 0.29) is 12.6 Å². The molecule has 1 N–H and O–H groups in total. The zero-order valence-corrected chi connectivity index (χ0v) is 27.8. The van der Waals surface area contributed by atoms with Gasteiger partial charge in [0.2, 0.25) is 5.82 Å². The number of hydrogen-bond acceptors (Lipinski definition) is 8. The summed E-state index contributed by atoms with van der Waals surface area (Å²) in [7, 11) is 2.16. The van der Waals surface area contributed by atoms with Gasteiger partial charge in [-0.2, -0.15) is 5.21 Å². The topological polar surface area (TPSA) is 105 Å². The quantitative estimate of drug-likeness (QED) is 0.156. The number of likely N-dealkylation sites (N-methyl/N-ethyl adjacent to an activating group) is 1. The first kappa shape index (κ1) is 32.6. The largest absolute Gasteiger partial charge is 0.456 e. The van der Waals surface area contributed by atoms with E-state index in [4.69, 9.17) is 21.3 Å². The van der Waals surface area contributed by atoms with Crippen LogP contribution in [0.15, 0.2) is 72.8 Å². The van der Waals surface area contributed by atoms with Gasteiger partial charge >= 0.3 is 5.97 Å². The molecule has 0 radical (unpaired) electrons. The SMILES string of the molecule is CCCCc1nc(Cl)c(COC(=O)c2ccccc2CCN2CCN(C)CC2)n1Cc1ccc(-c2ccccc2-c2nn[nH]n2)cc1.